The standard InChI is InChI=1S/C14H12Cl2N4/c1-9(15)14-19-12-4-2-3-11(16)13(12)20(14)7-10-5-6-17-8-18-10/h2-6,8-9H,7H2,1H3. The van der Waals surface area contributed by atoms with Gasteiger partial charge in [0.1, 0.15) is 12.2 Å². The van der Waals surface area contributed by atoms with Crippen LogP contribution < -0.4 is 0 Å². The summed E-state index contributed by atoms with van der Waals surface area (Å²) in [7, 11) is 0. The Hall–Kier alpha value is -1.65. The lowest BCUT2D eigenvalue weighted by Gasteiger charge is -2.10. The fourth-order valence-corrected chi connectivity index (χ4v) is 2.64. The van der Waals surface area contributed by atoms with Crippen LogP contribution in [0, 0.1) is 0 Å². The molecular formula is C14H12Cl2N4. The van der Waals surface area contributed by atoms with Crippen molar-refractivity contribution in [2.24, 2.45) is 0 Å². The summed E-state index contributed by atoms with van der Waals surface area (Å²) in [4.78, 5) is 12.7. The molecule has 0 bridgehead atoms. The van der Waals surface area contributed by atoms with Gasteiger partial charge in [0.15, 0.2) is 0 Å². The van der Waals surface area contributed by atoms with Crippen molar-refractivity contribution in [2.45, 2.75) is 18.8 Å². The number of halogens is 2. The molecule has 2 aromatic heterocycles. The summed E-state index contributed by atoms with van der Waals surface area (Å²) in [6.07, 6.45) is 3.24. The molecule has 0 saturated carbocycles. The minimum atomic E-state index is -0.208. The minimum absolute atomic E-state index is 0.208. The van der Waals surface area contributed by atoms with E-state index in [0.717, 1.165) is 22.6 Å². The SMILES string of the molecule is CC(Cl)c1nc2cccc(Cl)c2n1Cc1ccncn1. The molecule has 2 heterocycles. The number of benzene rings is 1. The third kappa shape index (κ3) is 2.37. The molecule has 0 saturated heterocycles. The lowest BCUT2D eigenvalue weighted by atomic mass is 10.3. The first-order chi connectivity index (χ1) is 9.66. The molecule has 0 fully saturated rings. The second-order valence-corrected chi connectivity index (χ2v) is 5.54. The predicted molar refractivity (Wildman–Crippen MR) is 80.1 cm³/mol. The van der Waals surface area contributed by atoms with Crippen molar-refractivity contribution in [3.63, 3.8) is 0 Å². The monoisotopic (exact) mass is 306 g/mol. The molecule has 0 aliphatic heterocycles. The number of fused-ring (bicyclic) bond motifs is 1. The van der Waals surface area contributed by atoms with Gasteiger partial charge in [-0.1, -0.05) is 17.7 Å². The number of alkyl halides is 1. The quantitative estimate of drug-likeness (QED) is 0.691. The highest BCUT2D eigenvalue weighted by molar-refractivity contribution is 6.35. The Kier molecular flexibility index (Phi) is 3.59. The van der Waals surface area contributed by atoms with Crippen molar-refractivity contribution in [1.82, 2.24) is 19.5 Å². The van der Waals surface area contributed by atoms with E-state index in [2.05, 4.69) is 15.0 Å². The molecular weight excluding hydrogens is 295 g/mol. The Labute approximate surface area is 126 Å². The first kappa shape index (κ1) is 13.3. The average molecular weight is 307 g/mol. The zero-order valence-electron chi connectivity index (χ0n) is 10.8. The van der Waals surface area contributed by atoms with Gasteiger partial charge in [-0.2, -0.15) is 0 Å². The molecule has 20 heavy (non-hydrogen) atoms. The van der Waals surface area contributed by atoms with E-state index in [1.54, 1.807) is 6.20 Å². The number of nitrogens with zero attached hydrogens (tertiary/aromatic N) is 4. The maximum absolute atomic E-state index is 6.31. The van der Waals surface area contributed by atoms with Crippen LogP contribution in [0.1, 0.15) is 23.8 Å². The molecule has 1 aromatic carbocycles. The number of hydrogen-bond donors (Lipinski definition) is 0. The maximum atomic E-state index is 6.31. The topological polar surface area (TPSA) is 43.6 Å². The third-order valence-corrected chi connectivity index (χ3v) is 3.57. The van der Waals surface area contributed by atoms with Gasteiger partial charge >= 0.3 is 0 Å². The van der Waals surface area contributed by atoms with Crippen molar-refractivity contribution in [3.8, 4) is 0 Å². The minimum Gasteiger partial charge on any atom is -0.319 e. The molecule has 1 unspecified atom stereocenters. The third-order valence-electron chi connectivity index (χ3n) is 3.07. The second kappa shape index (κ2) is 5.38. The number of para-hydroxylation sites is 1. The van der Waals surface area contributed by atoms with Gasteiger partial charge in [0.2, 0.25) is 0 Å². The zero-order chi connectivity index (χ0) is 14.1. The second-order valence-electron chi connectivity index (χ2n) is 4.48. The normalized spacial score (nSPS) is 12.8. The first-order valence-corrected chi connectivity index (χ1v) is 7.02. The summed E-state index contributed by atoms with van der Waals surface area (Å²) in [5.74, 6) is 0.786. The summed E-state index contributed by atoms with van der Waals surface area (Å²) in [5.41, 5.74) is 2.61. The molecule has 3 rings (SSSR count). The van der Waals surface area contributed by atoms with E-state index in [4.69, 9.17) is 23.2 Å². The Morgan fingerprint density at radius 3 is 2.85 bits per heavy atom. The van der Waals surface area contributed by atoms with E-state index in [0.29, 0.717) is 11.6 Å². The van der Waals surface area contributed by atoms with Crippen LogP contribution in [0.3, 0.4) is 0 Å². The van der Waals surface area contributed by atoms with Crippen LogP contribution in [0.2, 0.25) is 5.02 Å². The highest BCUT2D eigenvalue weighted by Crippen LogP contribution is 2.29. The number of hydrogen-bond acceptors (Lipinski definition) is 3. The lowest BCUT2D eigenvalue weighted by Crippen LogP contribution is -2.07. The van der Waals surface area contributed by atoms with Crippen LogP contribution in [0.4, 0.5) is 0 Å². The largest absolute Gasteiger partial charge is 0.319 e. The zero-order valence-corrected chi connectivity index (χ0v) is 12.3. The van der Waals surface area contributed by atoms with Gasteiger partial charge in [-0.25, -0.2) is 15.0 Å². The number of rotatable bonds is 3. The van der Waals surface area contributed by atoms with E-state index in [9.17, 15) is 0 Å². The molecule has 0 spiro atoms. The maximum Gasteiger partial charge on any atom is 0.128 e. The van der Waals surface area contributed by atoms with E-state index in [-0.39, 0.29) is 5.38 Å². The van der Waals surface area contributed by atoms with E-state index in [1.807, 2.05) is 35.8 Å². The summed E-state index contributed by atoms with van der Waals surface area (Å²) in [6.45, 7) is 2.46. The molecule has 4 nitrogen and oxygen atoms in total. The fraction of sp³-hybridized carbons (Fsp3) is 0.214. The Morgan fingerprint density at radius 2 is 2.15 bits per heavy atom. The smallest absolute Gasteiger partial charge is 0.128 e. The molecule has 0 aliphatic carbocycles. The van der Waals surface area contributed by atoms with E-state index in [1.165, 1.54) is 6.33 Å². The number of aromatic nitrogens is 4. The lowest BCUT2D eigenvalue weighted by molar-refractivity contribution is 0.725. The summed E-state index contributed by atoms with van der Waals surface area (Å²) in [6, 6.07) is 7.53. The molecule has 0 amide bonds. The molecule has 0 aliphatic rings. The molecule has 3 aromatic rings. The van der Waals surface area contributed by atoms with Crippen LogP contribution in [0.15, 0.2) is 36.8 Å². The fourth-order valence-electron chi connectivity index (χ4n) is 2.20. The van der Waals surface area contributed by atoms with Crippen LogP contribution in [-0.2, 0) is 6.54 Å². The Bertz CT molecular complexity index is 738. The molecule has 6 heteroatoms. The molecule has 0 N–H and O–H groups in total. The van der Waals surface area contributed by atoms with Crippen molar-refractivity contribution in [2.75, 3.05) is 0 Å². The summed E-state index contributed by atoms with van der Waals surface area (Å²) < 4.78 is 2.01. The van der Waals surface area contributed by atoms with Gasteiger partial charge in [-0.05, 0) is 25.1 Å². The van der Waals surface area contributed by atoms with Crippen molar-refractivity contribution >= 4 is 34.2 Å². The summed E-state index contributed by atoms with van der Waals surface area (Å²) in [5, 5.41) is 0.452. The van der Waals surface area contributed by atoms with Gasteiger partial charge in [0, 0.05) is 6.20 Å². The Morgan fingerprint density at radius 1 is 1.30 bits per heavy atom. The van der Waals surface area contributed by atoms with Crippen molar-refractivity contribution in [1.29, 1.82) is 0 Å². The molecule has 0 radical (unpaired) electrons. The first-order valence-electron chi connectivity index (χ1n) is 6.20. The molecule has 1 atom stereocenters. The van der Waals surface area contributed by atoms with Crippen LogP contribution in [0.25, 0.3) is 11.0 Å². The Balaban J connectivity index is 2.19. The van der Waals surface area contributed by atoms with Crippen molar-refractivity contribution in [3.05, 3.63) is 53.3 Å². The number of imidazole rings is 1. The van der Waals surface area contributed by atoms with Crippen LogP contribution in [-0.4, -0.2) is 19.5 Å². The van der Waals surface area contributed by atoms with Crippen LogP contribution in [0.5, 0.6) is 0 Å². The average Bonchev–Trinajstić information content (AvgIpc) is 2.80. The van der Waals surface area contributed by atoms with E-state index >= 15 is 0 Å². The van der Waals surface area contributed by atoms with Crippen molar-refractivity contribution < 1.29 is 0 Å². The van der Waals surface area contributed by atoms with Gasteiger partial charge in [0.05, 0.1) is 33.7 Å². The van der Waals surface area contributed by atoms with Gasteiger partial charge in [0.25, 0.3) is 0 Å². The van der Waals surface area contributed by atoms with Gasteiger partial charge < -0.3 is 4.57 Å². The van der Waals surface area contributed by atoms with Crippen LogP contribution >= 0.6 is 23.2 Å². The van der Waals surface area contributed by atoms with Gasteiger partial charge in [-0.15, -0.1) is 11.6 Å². The summed E-state index contributed by atoms with van der Waals surface area (Å²) >= 11 is 12.5. The van der Waals surface area contributed by atoms with Gasteiger partial charge in [-0.3, -0.25) is 0 Å². The highest BCUT2D eigenvalue weighted by Gasteiger charge is 2.17. The highest BCUT2D eigenvalue weighted by atomic mass is 35.5. The van der Waals surface area contributed by atoms with E-state index < -0.39 is 0 Å². The predicted octanol–water partition coefficient (Wildman–Crippen LogP) is 3.83. The molecule has 102 valence electrons.